The largest absolute Gasteiger partial charge is 0.394 e. The molecule has 0 aliphatic carbocycles. The summed E-state index contributed by atoms with van der Waals surface area (Å²) in [5.74, 6) is 5.92. The average molecular weight is 500 g/mol. The number of unbranched alkanes of at least 4 members (excludes halogenated alkanes) is 1. The molecule has 0 bridgehead atoms. The van der Waals surface area contributed by atoms with Gasteiger partial charge in [-0.2, -0.15) is 0 Å². The predicted molar refractivity (Wildman–Crippen MR) is 153 cm³/mol. The monoisotopic (exact) mass is 499 g/mol. The minimum Gasteiger partial charge on any atom is -0.394 e. The third kappa shape index (κ3) is 11.9. The highest BCUT2D eigenvalue weighted by atomic mass is 16.3. The lowest BCUT2D eigenvalue weighted by molar-refractivity contribution is -0.118. The van der Waals surface area contributed by atoms with Crippen molar-refractivity contribution in [3.05, 3.63) is 107 Å². The molecule has 3 atom stereocenters. The van der Waals surface area contributed by atoms with Gasteiger partial charge in [0.25, 0.3) is 0 Å². The van der Waals surface area contributed by atoms with Crippen molar-refractivity contribution in [3.63, 3.8) is 0 Å². The molecule has 37 heavy (non-hydrogen) atoms. The van der Waals surface area contributed by atoms with Crippen LogP contribution in [-0.2, 0) is 17.6 Å². The second kappa shape index (κ2) is 17.1. The van der Waals surface area contributed by atoms with Crippen molar-refractivity contribution < 1.29 is 15.0 Å². The van der Waals surface area contributed by atoms with Gasteiger partial charge in [0, 0.05) is 17.9 Å². The molecule has 3 N–H and O–H groups in total. The van der Waals surface area contributed by atoms with Gasteiger partial charge in [0.15, 0.2) is 0 Å². The number of nitrogens with one attached hydrogen (secondary N) is 1. The summed E-state index contributed by atoms with van der Waals surface area (Å²) in [6.07, 6.45) is 11.0. The fraction of sp³-hybridized carbons (Fsp3) is 0.364. The fourth-order valence-electron chi connectivity index (χ4n) is 3.90. The van der Waals surface area contributed by atoms with E-state index in [-0.39, 0.29) is 24.5 Å². The van der Waals surface area contributed by atoms with Gasteiger partial charge in [-0.15, -0.1) is 0 Å². The quantitative estimate of drug-likeness (QED) is 0.146. The standard InChI is InChI=1S/C33H41NO3/c1-26(32(36)27(2)18-15-23-29-19-11-7-12-20-29)16-9-5-4-6-10-17-28(3)33(37)34-31(25-35)24-30-21-13-8-14-22-30/h7-9,11-14,16-22,26,31-32,35-36H,6,10,15,23-25H2,1-3H3,(H,34,37)/b16-9+,27-18+,28-17+/t26-,31+,32-/m1/s1. The zero-order chi connectivity index (χ0) is 26.9. The van der Waals surface area contributed by atoms with Crippen molar-refractivity contribution in [1.29, 1.82) is 0 Å². The van der Waals surface area contributed by atoms with E-state index in [1.54, 1.807) is 13.0 Å². The second-order valence-corrected chi connectivity index (χ2v) is 9.43. The van der Waals surface area contributed by atoms with Crippen LogP contribution in [0.2, 0.25) is 0 Å². The number of carbonyl (C=O) groups excluding carboxylic acids is 1. The van der Waals surface area contributed by atoms with Gasteiger partial charge in [-0.1, -0.05) is 97.7 Å². The lowest BCUT2D eigenvalue weighted by Gasteiger charge is -2.16. The van der Waals surface area contributed by atoms with Crippen LogP contribution in [0.4, 0.5) is 0 Å². The number of carbonyl (C=O) groups is 1. The van der Waals surface area contributed by atoms with Crippen LogP contribution in [-0.4, -0.2) is 34.9 Å². The maximum Gasteiger partial charge on any atom is 0.246 e. The molecule has 0 saturated heterocycles. The summed E-state index contributed by atoms with van der Waals surface area (Å²) in [6.45, 7) is 5.63. The number of allylic oxidation sites excluding steroid dienone is 3. The Bertz CT molecular complexity index is 1090. The molecule has 0 aromatic heterocycles. The number of hydrogen-bond acceptors (Lipinski definition) is 3. The van der Waals surface area contributed by atoms with Crippen molar-refractivity contribution in [3.8, 4) is 11.8 Å². The van der Waals surface area contributed by atoms with Gasteiger partial charge in [0.1, 0.15) is 0 Å². The number of aliphatic hydroxyl groups excluding tert-OH is 2. The Kier molecular flexibility index (Phi) is 13.8. The molecular formula is C33H41NO3. The molecule has 2 aromatic carbocycles. The lowest BCUT2D eigenvalue weighted by atomic mass is 9.96. The van der Waals surface area contributed by atoms with Crippen LogP contribution in [0.5, 0.6) is 0 Å². The van der Waals surface area contributed by atoms with Crippen LogP contribution in [0.25, 0.3) is 0 Å². The highest BCUT2D eigenvalue weighted by Gasteiger charge is 2.13. The molecule has 4 nitrogen and oxygen atoms in total. The number of benzene rings is 2. The zero-order valence-electron chi connectivity index (χ0n) is 22.4. The van der Waals surface area contributed by atoms with E-state index in [0.717, 1.165) is 24.0 Å². The molecule has 0 aliphatic heterocycles. The maximum atomic E-state index is 12.4. The normalized spacial score (nSPS) is 14.5. The van der Waals surface area contributed by atoms with Crippen LogP contribution >= 0.6 is 0 Å². The number of hydrogen-bond donors (Lipinski definition) is 3. The van der Waals surface area contributed by atoms with Gasteiger partial charge in [-0.05, 0) is 62.3 Å². The summed E-state index contributed by atoms with van der Waals surface area (Å²) in [7, 11) is 0. The number of aryl methyl sites for hydroxylation is 1. The van der Waals surface area contributed by atoms with Crippen molar-refractivity contribution in [2.45, 2.75) is 65.0 Å². The molecule has 196 valence electrons. The minimum atomic E-state index is -0.525. The Balaban J connectivity index is 1.71. The molecule has 4 heteroatoms. The molecule has 0 aliphatic rings. The van der Waals surface area contributed by atoms with Gasteiger partial charge >= 0.3 is 0 Å². The molecular weight excluding hydrogens is 458 g/mol. The van der Waals surface area contributed by atoms with Crippen molar-refractivity contribution >= 4 is 5.91 Å². The first-order chi connectivity index (χ1) is 17.9. The van der Waals surface area contributed by atoms with Crippen LogP contribution in [0.3, 0.4) is 0 Å². The van der Waals surface area contributed by atoms with E-state index in [4.69, 9.17) is 0 Å². The molecule has 0 fully saturated rings. The van der Waals surface area contributed by atoms with Crippen LogP contribution in [0, 0.1) is 17.8 Å². The molecule has 0 heterocycles. The molecule has 0 saturated carbocycles. The van der Waals surface area contributed by atoms with Gasteiger partial charge in [-0.3, -0.25) is 4.79 Å². The van der Waals surface area contributed by atoms with Gasteiger partial charge < -0.3 is 15.5 Å². The third-order valence-corrected chi connectivity index (χ3v) is 6.25. The van der Waals surface area contributed by atoms with Crippen molar-refractivity contribution in [2.75, 3.05) is 6.61 Å². The first kappa shape index (κ1) is 29.8. The summed E-state index contributed by atoms with van der Waals surface area (Å²) >= 11 is 0. The van der Waals surface area contributed by atoms with E-state index < -0.39 is 6.10 Å². The summed E-state index contributed by atoms with van der Waals surface area (Å²) in [5, 5.41) is 23.1. The zero-order valence-corrected chi connectivity index (χ0v) is 22.4. The SMILES string of the molecule is C/C(=C\CCC#C/C=C/[C@@H](C)[C@@H](O)/C(C)=C/CCc1ccccc1)C(=O)N[C@H](CO)Cc1ccccc1. The molecule has 2 aromatic rings. The van der Waals surface area contributed by atoms with Crippen LogP contribution in [0.1, 0.15) is 51.2 Å². The van der Waals surface area contributed by atoms with Gasteiger partial charge in [0.05, 0.1) is 18.8 Å². The van der Waals surface area contributed by atoms with E-state index >= 15 is 0 Å². The van der Waals surface area contributed by atoms with Gasteiger partial charge in [-0.25, -0.2) is 0 Å². The van der Waals surface area contributed by atoms with E-state index in [9.17, 15) is 15.0 Å². The summed E-state index contributed by atoms with van der Waals surface area (Å²) in [5.41, 5.74) is 3.97. The van der Waals surface area contributed by atoms with Crippen molar-refractivity contribution in [1.82, 2.24) is 5.32 Å². The summed E-state index contributed by atoms with van der Waals surface area (Å²) in [4.78, 5) is 12.4. The molecule has 1 amide bonds. The minimum absolute atomic E-state index is 0.0246. The van der Waals surface area contributed by atoms with Crippen LogP contribution < -0.4 is 5.32 Å². The number of amides is 1. The lowest BCUT2D eigenvalue weighted by Crippen LogP contribution is -2.39. The van der Waals surface area contributed by atoms with E-state index in [1.807, 2.05) is 74.5 Å². The van der Waals surface area contributed by atoms with E-state index in [1.165, 1.54) is 5.56 Å². The number of rotatable bonds is 13. The molecule has 2 rings (SSSR count). The molecule has 0 spiro atoms. The summed E-state index contributed by atoms with van der Waals surface area (Å²) < 4.78 is 0. The Hall–Kier alpha value is -3.39. The predicted octanol–water partition coefficient (Wildman–Crippen LogP) is 5.57. The smallest absolute Gasteiger partial charge is 0.246 e. The van der Waals surface area contributed by atoms with Crippen LogP contribution in [0.15, 0.2) is 96.1 Å². The molecule has 0 unspecified atom stereocenters. The van der Waals surface area contributed by atoms with E-state index in [2.05, 4.69) is 35.4 Å². The highest BCUT2D eigenvalue weighted by Crippen LogP contribution is 2.15. The van der Waals surface area contributed by atoms with Crippen molar-refractivity contribution in [2.24, 2.45) is 5.92 Å². The first-order valence-corrected chi connectivity index (χ1v) is 13.1. The first-order valence-electron chi connectivity index (χ1n) is 13.1. The fourth-order valence-corrected chi connectivity index (χ4v) is 3.90. The van der Waals surface area contributed by atoms with Gasteiger partial charge in [0.2, 0.25) is 5.91 Å². The average Bonchev–Trinajstić information content (AvgIpc) is 2.92. The molecule has 0 radical (unpaired) electrons. The second-order valence-electron chi connectivity index (χ2n) is 9.43. The Morgan fingerprint density at radius 2 is 1.62 bits per heavy atom. The third-order valence-electron chi connectivity index (χ3n) is 6.25. The summed E-state index contributed by atoms with van der Waals surface area (Å²) in [6, 6.07) is 19.8. The highest BCUT2D eigenvalue weighted by molar-refractivity contribution is 5.92. The Morgan fingerprint density at radius 3 is 2.27 bits per heavy atom. The Labute approximate surface area is 222 Å². The number of aliphatic hydroxyl groups is 2. The Morgan fingerprint density at radius 1 is 0.973 bits per heavy atom. The maximum absolute atomic E-state index is 12.4. The van der Waals surface area contributed by atoms with E-state index in [0.29, 0.717) is 24.8 Å². The topological polar surface area (TPSA) is 69.6 Å².